The quantitative estimate of drug-likeness (QED) is 0.159. The lowest BCUT2D eigenvalue weighted by molar-refractivity contribution is -0.121. The van der Waals surface area contributed by atoms with Gasteiger partial charge in [0.15, 0.2) is 11.5 Å². The number of fused-ring (bicyclic) bond motifs is 1. The van der Waals surface area contributed by atoms with Crippen LogP contribution in [-0.2, 0) is 24.5 Å². The number of ether oxygens (including phenoxy) is 2. The number of aromatic nitrogens is 1. The highest BCUT2D eigenvalue weighted by Gasteiger charge is 2.24. The lowest BCUT2D eigenvalue weighted by Gasteiger charge is -2.20. The standard InChI is InChI=1S/C39H36N2O3/c1-43-37-22-21-32(23-38(37)44-28-31-17-9-4-10-18-31)34(24-39(42)40-25-29-13-5-2-6-14-29)35-27-41(26-30-15-7-3-8-16-30)36-20-12-11-19-33(35)36/h2-23,27,34H,24-26,28H2,1H3,(H,40,42)/t34-/m0/s1. The number of nitrogens with one attached hydrogen (secondary N) is 1. The van der Waals surface area contributed by atoms with Crippen LogP contribution in [0.4, 0.5) is 0 Å². The molecule has 0 aliphatic heterocycles. The summed E-state index contributed by atoms with van der Waals surface area (Å²) < 4.78 is 14.3. The Kier molecular flexibility index (Phi) is 9.03. The van der Waals surface area contributed by atoms with E-state index in [-0.39, 0.29) is 18.2 Å². The molecule has 0 saturated carbocycles. The Labute approximate surface area is 258 Å². The predicted octanol–water partition coefficient (Wildman–Crippen LogP) is 8.12. The average Bonchev–Trinajstić information content (AvgIpc) is 3.44. The minimum absolute atomic E-state index is 0.0127. The van der Waals surface area contributed by atoms with E-state index < -0.39 is 0 Å². The first-order chi connectivity index (χ1) is 21.7. The van der Waals surface area contributed by atoms with Gasteiger partial charge in [0.1, 0.15) is 6.61 Å². The number of amides is 1. The number of methoxy groups -OCH3 is 1. The number of rotatable bonds is 12. The van der Waals surface area contributed by atoms with Gasteiger partial charge in [0.25, 0.3) is 0 Å². The normalized spacial score (nSPS) is 11.7. The summed E-state index contributed by atoms with van der Waals surface area (Å²) in [5.74, 6) is 1.08. The maximum absolute atomic E-state index is 13.6. The van der Waals surface area contributed by atoms with E-state index >= 15 is 0 Å². The zero-order chi connectivity index (χ0) is 30.1. The molecule has 6 rings (SSSR count). The van der Waals surface area contributed by atoms with Crippen LogP contribution < -0.4 is 14.8 Å². The van der Waals surface area contributed by atoms with Crippen LogP contribution in [0.3, 0.4) is 0 Å². The van der Waals surface area contributed by atoms with Crippen molar-refractivity contribution in [3.05, 3.63) is 167 Å². The molecule has 1 heterocycles. The molecule has 44 heavy (non-hydrogen) atoms. The molecule has 5 heteroatoms. The number of carbonyl (C=O) groups excluding carboxylic acids is 1. The molecule has 0 aliphatic carbocycles. The maximum atomic E-state index is 13.6. The second kappa shape index (κ2) is 13.8. The lowest BCUT2D eigenvalue weighted by atomic mass is 9.87. The van der Waals surface area contributed by atoms with E-state index in [4.69, 9.17) is 9.47 Å². The highest BCUT2D eigenvalue weighted by molar-refractivity contribution is 5.87. The molecule has 0 spiro atoms. The Hall–Kier alpha value is -5.29. The van der Waals surface area contributed by atoms with E-state index in [9.17, 15) is 4.79 Å². The summed E-state index contributed by atoms with van der Waals surface area (Å²) in [6.07, 6.45) is 2.50. The van der Waals surface area contributed by atoms with E-state index in [2.05, 4.69) is 64.6 Å². The van der Waals surface area contributed by atoms with E-state index in [0.29, 0.717) is 24.7 Å². The second-order valence-corrected chi connectivity index (χ2v) is 10.9. The van der Waals surface area contributed by atoms with Gasteiger partial charge in [-0.05, 0) is 46.0 Å². The highest BCUT2D eigenvalue weighted by atomic mass is 16.5. The smallest absolute Gasteiger partial charge is 0.221 e. The third-order valence-electron chi connectivity index (χ3n) is 7.94. The Balaban J connectivity index is 1.37. The Bertz CT molecular complexity index is 1810. The number of hydrogen-bond donors (Lipinski definition) is 1. The van der Waals surface area contributed by atoms with E-state index in [1.54, 1.807) is 7.11 Å². The Morgan fingerprint density at radius 1 is 0.727 bits per heavy atom. The van der Waals surface area contributed by atoms with Crippen LogP contribution in [0.25, 0.3) is 10.9 Å². The Morgan fingerprint density at radius 3 is 2.07 bits per heavy atom. The van der Waals surface area contributed by atoms with Crippen LogP contribution in [0.15, 0.2) is 140 Å². The molecule has 0 radical (unpaired) electrons. The third-order valence-corrected chi connectivity index (χ3v) is 7.94. The van der Waals surface area contributed by atoms with Gasteiger partial charge in [-0.1, -0.05) is 115 Å². The molecule has 0 aliphatic rings. The van der Waals surface area contributed by atoms with Gasteiger partial charge < -0.3 is 19.4 Å². The van der Waals surface area contributed by atoms with Crippen molar-refractivity contribution in [1.82, 2.24) is 9.88 Å². The number of nitrogens with zero attached hydrogens (tertiary/aromatic N) is 1. The first kappa shape index (κ1) is 28.8. The molecule has 0 saturated heterocycles. The minimum atomic E-state index is -0.210. The topological polar surface area (TPSA) is 52.5 Å². The second-order valence-electron chi connectivity index (χ2n) is 10.9. The van der Waals surface area contributed by atoms with Crippen molar-refractivity contribution in [2.45, 2.75) is 32.0 Å². The molecule has 0 unspecified atom stereocenters. The van der Waals surface area contributed by atoms with Gasteiger partial charge in [0, 0.05) is 42.5 Å². The zero-order valence-corrected chi connectivity index (χ0v) is 24.9. The first-order valence-corrected chi connectivity index (χ1v) is 14.9. The largest absolute Gasteiger partial charge is 0.493 e. The fraction of sp³-hybridized carbons (Fsp3) is 0.154. The molecule has 220 valence electrons. The summed E-state index contributed by atoms with van der Waals surface area (Å²) in [5, 5.41) is 4.28. The van der Waals surface area contributed by atoms with Crippen LogP contribution in [0.5, 0.6) is 11.5 Å². The van der Waals surface area contributed by atoms with Crippen molar-refractivity contribution < 1.29 is 14.3 Å². The summed E-state index contributed by atoms with van der Waals surface area (Å²) in [7, 11) is 1.65. The van der Waals surface area contributed by atoms with Crippen molar-refractivity contribution in [2.24, 2.45) is 0 Å². The fourth-order valence-corrected chi connectivity index (χ4v) is 5.68. The van der Waals surface area contributed by atoms with Crippen molar-refractivity contribution in [1.29, 1.82) is 0 Å². The molecule has 0 bridgehead atoms. The van der Waals surface area contributed by atoms with Gasteiger partial charge in [-0.3, -0.25) is 4.79 Å². The van der Waals surface area contributed by atoms with Gasteiger partial charge in [0.05, 0.1) is 7.11 Å². The van der Waals surface area contributed by atoms with Crippen molar-refractivity contribution >= 4 is 16.8 Å². The SMILES string of the molecule is COc1ccc([C@H](CC(=O)NCc2ccccc2)c2cn(Cc3ccccc3)c3ccccc23)cc1OCc1ccccc1. The van der Waals surface area contributed by atoms with Crippen LogP contribution in [0.2, 0.25) is 0 Å². The van der Waals surface area contributed by atoms with E-state index in [1.165, 1.54) is 5.56 Å². The van der Waals surface area contributed by atoms with Crippen LogP contribution in [0, 0.1) is 0 Å². The molecule has 6 aromatic rings. The summed E-state index contributed by atoms with van der Waals surface area (Å²) >= 11 is 0. The van der Waals surface area contributed by atoms with Crippen LogP contribution >= 0.6 is 0 Å². The van der Waals surface area contributed by atoms with Crippen molar-refractivity contribution in [3.63, 3.8) is 0 Å². The fourth-order valence-electron chi connectivity index (χ4n) is 5.68. The molecule has 5 aromatic carbocycles. The van der Waals surface area contributed by atoms with Crippen LogP contribution in [-0.4, -0.2) is 17.6 Å². The van der Waals surface area contributed by atoms with E-state index in [1.807, 2.05) is 84.9 Å². The van der Waals surface area contributed by atoms with Gasteiger partial charge in [-0.2, -0.15) is 0 Å². The molecular weight excluding hydrogens is 544 g/mol. The molecule has 5 nitrogen and oxygen atoms in total. The first-order valence-electron chi connectivity index (χ1n) is 14.9. The number of para-hydroxylation sites is 1. The van der Waals surface area contributed by atoms with Crippen molar-refractivity contribution in [3.8, 4) is 11.5 Å². The van der Waals surface area contributed by atoms with Gasteiger partial charge >= 0.3 is 0 Å². The number of hydrogen-bond acceptors (Lipinski definition) is 3. The van der Waals surface area contributed by atoms with Gasteiger partial charge in [0.2, 0.25) is 5.91 Å². The monoisotopic (exact) mass is 580 g/mol. The highest BCUT2D eigenvalue weighted by Crippen LogP contribution is 2.39. The number of benzene rings is 5. The lowest BCUT2D eigenvalue weighted by Crippen LogP contribution is -2.25. The molecule has 1 atom stereocenters. The third kappa shape index (κ3) is 6.84. The Morgan fingerprint density at radius 2 is 1.36 bits per heavy atom. The van der Waals surface area contributed by atoms with Crippen LogP contribution in [0.1, 0.15) is 40.2 Å². The van der Waals surface area contributed by atoms with Gasteiger partial charge in [-0.15, -0.1) is 0 Å². The summed E-state index contributed by atoms with van der Waals surface area (Å²) in [4.78, 5) is 13.6. The molecule has 1 aromatic heterocycles. The summed E-state index contributed by atoms with van der Waals surface area (Å²) in [5.41, 5.74) is 6.59. The minimum Gasteiger partial charge on any atom is -0.493 e. The summed E-state index contributed by atoms with van der Waals surface area (Å²) in [6.45, 7) is 1.64. The predicted molar refractivity (Wildman–Crippen MR) is 176 cm³/mol. The number of carbonyl (C=O) groups is 1. The molecular formula is C39H36N2O3. The molecule has 0 fully saturated rings. The van der Waals surface area contributed by atoms with E-state index in [0.717, 1.165) is 39.7 Å². The maximum Gasteiger partial charge on any atom is 0.221 e. The average molecular weight is 581 g/mol. The van der Waals surface area contributed by atoms with Gasteiger partial charge in [-0.25, -0.2) is 0 Å². The van der Waals surface area contributed by atoms with Crippen molar-refractivity contribution in [2.75, 3.05) is 7.11 Å². The molecule has 1 amide bonds. The summed E-state index contributed by atoms with van der Waals surface area (Å²) in [6, 6.07) is 45.0. The molecule has 1 N–H and O–H groups in total. The zero-order valence-electron chi connectivity index (χ0n) is 24.9.